The fraction of sp³-hybridized carbons (Fsp3) is 0. The Morgan fingerprint density at radius 2 is 1.22 bits per heavy atom. The molecule has 3 aromatic carbocycles. The molecule has 4 nitrogen and oxygen atoms in total. The van der Waals surface area contributed by atoms with Gasteiger partial charge in [0.1, 0.15) is 22.8 Å². The summed E-state index contributed by atoms with van der Waals surface area (Å²) in [5.74, 6) is 1.54. The molecule has 0 aromatic heterocycles. The second kappa shape index (κ2) is 4.16. The summed E-state index contributed by atoms with van der Waals surface area (Å²) in [4.78, 5) is 1.66. The summed E-state index contributed by atoms with van der Waals surface area (Å²) in [6.07, 6.45) is 0. The Morgan fingerprint density at radius 1 is 0.696 bits per heavy atom. The summed E-state index contributed by atoms with van der Waals surface area (Å²) in [6.45, 7) is 0. The van der Waals surface area contributed by atoms with Gasteiger partial charge in [-0.2, -0.15) is 0 Å². The molecule has 0 saturated carbocycles. The highest BCUT2D eigenvalue weighted by atomic mass is 19.1. The molecule has 2 aliphatic rings. The number of aromatic hydroxyl groups is 1. The Hall–Kier alpha value is -3.21. The molecule has 2 heterocycles. The summed E-state index contributed by atoms with van der Waals surface area (Å²) in [7, 11) is 0. The Kier molecular flexibility index (Phi) is 2.24. The second-order valence-electron chi connectivity index (χ2n) is 5.35. The van der Waals surface area contributed by atoms with Crippen LogP contribution in [0, 0.1) is 5.82 Å². The van der Waals surface area contributed by atoms with Gasteiger partial charge in [0.15, 0.2) is 28.8 Å². The van der Waals surface area contributed by atoms with Crippen LogP contribution in [-0.4, -0.2) is 5.11 Å². The lowest BCUT2D eigenvalue weighted by Crippen LogP contribution is -2.21. The maximum absolute atomic E-state index is 14.5. The van der Waals surface area contributed by atoms with E-state index in [2.05, 4.69) is 0 Å². The quantitative estimate of drug-likeness (QED) is 0.426. The lowest BCUT2D eigenvalue weighted by Gasteiger charge is -2.37. The van der Waals surface area contributed by atoms with Crippen molar-refractivity contribution in [1.82, 2.24) is 0 Å². The van der Waals surface area contributed by atoms with Crippen molar-refractivity contribution in [3.05, 3.63) is 60.4 Å². The number of rotatable bonds is 0. The predicted molar refractivity (Wildman–Crippen MR) is 82.9 cm³/mol. The van der Waals surface area contributed by atoms with Crippen LogP contribution in [0.3, 0.4) is 0 Å². The molecule has 2 aliphatic heterocycles. The molecule has 0 spiro atoms. The van der Waals surface area contributed by atoms with Crippen molar-refractivity contribution in [3.63, 3.8) is 0 Å². The van der Waals surface area contributed by atoms with Crippen LogP contribution in [-0.2, 0) is 0 Å². The molecule has 3 aromatic rings. The second-order valence-corrected chi connectivity index (χ2v) is 5.35. The van der Waals surface area contributed by atoms with Gasteiger partial charge in [0.25, 0.3) is 0 Å². The molecule has 1 N–H and O–H groups in total. The molecule has 0 bridgehead atoms. The van der Waals surface area contributed by atoms with E-state index in [1.807, 2.05) is 6.07 Å². The summed E-state index contributed by atoms with van der Waals surface area (Å²) >= 11 is 0. The Balaban J connectivity index is 1.91. The number of phenols is 1. The van der Waals surface area contributed by atoms with Crippen LogP contribution in [0.25, 0.3) is 0 Å². The maximum atomic E-state index is 14.5. The summed E-state index contributed by atoms with van der Waals surface area (Å²) in [5.41, 5.74) is 1.25. The summed E-state index contributed by atoms with van der Waals surface area (Å²) in [5, 5.41) is 10.3. The first-order chi connectivity index (χ1) is 11.2. The number of hydrogen-bond acceptors (Lipinski definition) is 4. The number of halogens is 1. The van der Waals surface area contributed by atoms with Gasteiger partial charge in [-0.05, 0) is 36.4 Å². The van der Waals surface area contributed by atoms with E-state index in [0.29, 0.717) is 34.4 Å². The number of nitrogens with zero attached hydrogens (tertiary/aromatic N) is 1. The van der Waals surface area contributed by atoms with Gasteiger partial charge in [0.05, 0.1) is 0 Å². The number of para-hydroxylation sites is 3. The van der Waals surface area contributed by atoms with E-state index in [0.717, 1.165) is 0 Å². The SMILES string of the molecule is Oc1cccc2c1N1c3c(F)cccc3Oc3cccc(c31)O2. The number of phenolic OH excluding ortho intramolecular Hbond substituents is 1. The van der Waals surface area contributed by atoms with E-state index in [1.54, 1.807) is 47.4 Å². The largest absolute Gasteiger partial charge is 0.506 e. The normalized spacial score (nSPS) is 13.3. The van der Waals surface area contributed by atoms with Crippen molar-refractivity contribution in [2.75, 3.05) is 4.90 Å². The molecule has 112 valence electrons. The molecule has 0 aliphatic carbocycles. The average molecular weight is 307 g/mol. The predicted octanol–water partition coefficient (Wildman–Crippen LogP) is 5.21. The van der Waals surface area contributed by atoms with E-state index >= 15 is 0 Å². The van der Waals surface area contributed by atoms with E-state index in [1.165, 1.54) is 6.07 Å². The maximum Gasteiger partial charge on any atom is 0.155 e. The molecule has 0 unspecified atom stereocenters. The number of fused-ring (bicyclic) bond motifs is 4. The van der Waals surface area contributed by atoms with Gasteiger partial charge in [-0.15, -0.1) is 0 Å². The minimum Gasteiger partial charge on any atom is -0.506 e. The van der Waals surface area contributed by atoms with E-state index in [9.17, 15) is 9.50 Å². The van der Waals surface area contributed by atoms with Crippen molar-refractivity contribution in [3.8, 4) is 28.7 Å². The minimum absolute atomic E-state index is 0.0130. The van der Waals surface area contributed by atoms with Gasteiger partial charge in [0, 0.05) is 0 Å². The Labute approximate surface area is 130 Å². The van der Waals surface area contributed by atoms with Gasteiger partial charge in [-0.3, -0.25) is 4.90 Å². The highest BCUT2D eigenvalue weighted by molar-refractivity contribution is 5.95. The first-order valence-corrected chi connectivity index (χ1v) is 7.13. The van der Waals surface area contributed by atoms with Crippen LogP contribution in [0.15, 0.2) is 54.6 Å². The van der Waals surface area contributed by atoms with E-state index in [4.69, 9.17) is 9.47 Å². The smallest absolute Gasteiger partial charge is 0.155 e. The van der Waals surface area contributed by atoms with Crippen LogP contribution in [0.2, 0.25) is 0 Å². The van der Waals surface area contributed by atoms with Crippen LogP contribution >= 0.6 is 0 Å². The molecule has 0 radical (unpaired) electrons. The van der Waals surface area contributed by atoms with Crippen molar-refractivity contribution < 1.29 is 19.0 Å². The van der Waals surface area contributed by atoms with Crippen LogP contribution in [0.1, 0.15) is 0 Å². The fourth-order valence-corrected chi connectivity index (χ4v) is 3.07. The van der Waals surface area contributed by atoms with Gasteiger partial charge in [-0.25, -0.2) is 4.39 Å². The highest BCUT2D eigenvalue weighted by Crippen LogP contribution is 2.61. The third-order valence-corrected chi connectivity index (χ3v) is 4.00. The van der Waals surface area contributed by atoms with Gasteiger partial charge >= 0.3 is 0 Å². The van der Waals surface area contributed by atoms with E-state index in [-0.39, 0.29) is 11.4 Å². The zero-order chi connectivity index (χ0) is 15.6. The monoisotopic (exact) mass is 307 g/mol. The highest BCUT2D eigenvalue weighted by Gasteiger charge is 2.37. The first kappa shape index (κ1) is 12.3. The topological polar surface area (TPSA) is 41.9 Å². The minimum atomic E-state index is -0.431. The lowest BCUT2D eigenvalue weighted by molar-refractivity contribution is 0.431. The molecule has 0 amide bonds. The van der Waals surface area contributed by atoms with Crippen LogP contribution < -0.4 is 14.4 Å². The molecule has 5 rings (SSSR count). The van der Waals surface area contributed by atoms with Crippen molar-refractivity contribution >= 4 is 17.1 Å². The number of hydrogen-bond donors (Lipinski definition) is 1. The zero-order valence-electron chi connectivity index (χ0n) is 11.8. The van der Waals surface area contributed by atoms with Gasteiger partial charge < -0.3 is 14.6 Å². The fourth-order valence-electron chi connectivity index (χ4n) is 3.07. The number of anilines is 3. The Bertz CT molecular complexity index is 864. The zero-order valence-corrected chi connectivity index (χ0v) is 11.8. The third kappa shape index (κ3) is 1.53. The summed E-state index contributed by atoms with van der Waals surface area (Å²) < 4.78 is 26.2. The standard InChI is InChI=1S/C18H10FNO3/c19-10-4-1-6-12-16(10)20-17-11(21)5-2-7-13(17)23-15-9-3-8-14(22-12)18(15)20/h1-9,21H. The van der Waals surface area contributed by atoms with Crippen molar-refractivity contribution in [1.29, 1.82) is 0 Å². The van der Waals surface area contributed by atoms with Crippen molar-refractivity contribution in [2.45, 2.75) is 0 Å². The molecular formula is C18H10FNO3. The average Bonchev–Trinajstić information content (AvgIpc) is 2.55. The molecule has 0 fully saturated rings. The van der Waals surface area contributed by atoms with Gasteiger partial charge in [0.2, 0.25) is 0 Å². The molecular weight excluding hydrogens is 297 g/mol. The number of benzene rings is 3. The lowest BCUT2D eigenvalue weighted by atomic mass is 10.1. The Morgan fingerprint density at radius 3 is 1.91 bits per heavy atom. The first-order valence-electron chi connectivity index (χ1n) is 7.13. The molecule has 0 saturated heterocycles. The van der Waals surface area contributed by atoms with Crippen LogP contribution in [0.4, 0.5) is 21.5 Å². The molecule has 23 heavy (non-hydrogen) atoms. The van der Waals surface area contributed by atoms with E-state index < -0.39 is 5.82 Å². The van der Waals surface area contributed by atoms with Crippen molar-refractivity contribution in [2.24, 2.45) is 0 Å². The number of ether oxygens (including phenoxy) is 2. The van der Waals surface area contributed by atoms with Crippen LogP contribution in [0.5, 0.6) is 28.7 Å². The van der Waals surface area contributed by atoms with Gasteiger partial charge in [-0.1, -0.05) is 18.2 Å². The molecule has 0 atom stereocenters. The summed E-state index contributed by atoms with van der Waals surface area (Å²) in [6, 6.07) is 15.0. The third-order valence-electron chi connectivity index (χ3n) is 4.00. The molecule has 5 heteroatoms.